The summed E-state index contributed by atoms with van der Waals surface area (Å²) in [4.78, 5) is 39.9. The molecule has 2 unspecified atom stereocenters. The molecule has 0 bridgehead atoms. The number of aromatic amines is 1. The van der Waals surface area contributed by atoms with Crippen molar-refractivity contribution in [2.75, 3.05) is 13.2 Å². The van der Waals surface area contributed by atoms with E-state index in [1.165, 1.54) is 38.1 Å². The average molecular weight is 531 g/mol. The predicted octanol–water partition coefficient (Wildman–Crippen LogP) is 2.10. The topological polar surface area (TPSA) is 161 Å². The second-order valence-electron chi connectivity index (χ2n) is 7.32. The quantitative estimate of drug-likeness (QED) is 0.292. The molecule has 2 atom stereocenters. The van der Waals surface area contributed by atoms with Crippen LogP contribution in [0.5, 0.6) is 0 Å². The molecule has 1 heterocycles. The maximum Gasteiger partial charge on any atom is 0.355 e. The Morgan fingerprint density at radius 3 is 2.17 bits per heavy atom. The molecule has 0 saturated carbocycles. The number of H-pyrrole nitrogens is 1. The molecule has 0 spiro atoms. The van der Waals surface area contributed by atoms with Gasteiger partial charge in [-0.2, -0.15) is 4.72 Å². The number of aliphatic hydroxyl groups is 1. The van der Waals surface area contributed by atoms with Gasteiger partial charge in [0, 0.05) is 5.02 Å². The minimum absolute atomic E-state index is 0.0157. The molecule has 2 aromatic rings. The second kappa shape index (κ2) is 12.2. The highest BCUT2D eigenvalue weighted by atomic mass is 35.5. The van der Waals surface area contributed by atoms with E-state index in [0.29, 0.717) is 5.02 Å². The minimum Gasteiger partial charge on any atom is -0.462 e. The van der Waals surface area contributed by atoms with Crippen molar-refractivity contribution >= 4 is 39.5 Å². The summed E-state index contributed by atoms with van der Waals surface area (Å²) < 4.78 is 42.6. The lowest BCUT2D eigenvalue weighted by molar-refractivity contribution is -0.149. The summed E-state index contributed by atoms with van der Waals surface area (Å²) >= 11 is 5.78. The highest BCUT2D eigenvalue weighted by molar-refractivity contribution is 7.89. The Hall–Kier alpha value is -2.93. The number of esters is 3. The SMILES string of the molecule is CCOC(=O)c1[nH]c(COC(=O)C(NS(=O)(=O)c2ccc(Cl)cc2)C(C)O)c(C(=O)OCC)c1C. The summed E-state index contributed by atoms with van der Waals surface area (Å²) in [6.07, 6.45) is -1.46. The van der Waals surface area contributed by atoms with Crippen molar-refractivity contribution in [1.29, 1.82) is 0 Å². The van der Waals surface area contributed by atoms with E-state index >= 15 is 0 Å². The number of benzene rings is 1. The summed E-state index contributed by atoms with van der Waals surface area (Å²) in [5, 5.41) is 10.4. The van der Waals surface area contributed by atoms with Gasteiger partial charge >= 0.3 is 17.9 Å². The number of nitrogens with one attached hydrogen (secondary N) is 2. The molecular weight excluding hydrogens is 504 g/mol. The van der Waals surface area contributed by atoms with Crippen LogP contribution in [0, 0.1) is 6.92 Å². The van der Waals surface area contributed by atoms with E-state index in [1.807, 2.05) is 0 Å². The van der Waals surface area contributed by atoms with E-state index in [1.54, 1.807) is 13.8 Å². The molecule has 11 nitrogen and oxygen atoms in total. The molecule has 0 amide bonds. The maximum absolute atomic E-state index is 12.7. The zero-order valence-corrected chi connectivity index (χ0v) is 21.2. The van der Waals surface area contributed by atoms with E-state index in [4.69, 9.17) is 25.8 Å². The van der Waals surface area contributed by atoms with E-state index < -0.39 is 46.7 Å². The van der Waals surface area contributed by atoms with E-state index in [2.05, 4.69) is 9.71 Å². The van der Waals surface area contributed by atoms with Gasteiger partial charge in [0.25, 0.3) is 0 Å². The molecule has 35 heavy (non-hydrogen) atoms. The van der Waals surface area contributed by atoms with Crippen molar-refractivity contribution in [2.45, 2.75) is 51.3 Å². The van der Waals surface area contributed by atoms with Gasteiger partial charge in [0.15, 0.2) is 0 Å². The maximum atomic E-state index is 12.7. The van der Waals surface area contributed by atoms with Crippen molar-refractivity contribution in [3.05, 3.63) is 51.8 Å². The highest BCUT2D eigenvalue weighted by Crippen LogP contribution is 2.22. The van der Waals surface area contributed by atoms with Crippen LogP contribution >= 0.6 is 11.6 Å². The van der Waals surface area contributed by atoms with Gasteiger partial charge in [0.1, 0.15) is 18.3 Å². The monoisotopic (exact) mass is 530 g/mol. The smallest absolute Gasteiger partial charge is 0.355 e. The first-order valence-electron chi connectivity index (χ1n) is 10.6. The van der Waals surface area contributed by atoms with Gasteiger partial charge in [-0.25, -0.2) is 18.0 Å². The molecule has 0 saturated heterocycles. The Kier molecular flexibility index (Phi) is 9.83. The first-order chi connectivity index (χ1) is 16.4. The number of rotatable bonds is 11. The first kappa shape index (κ1) is 28.3. The Morgan fingerprint density at radius 1 is 1.06 bits per heavy atom. The van der Waals surface area contributed by atoms with Crippen molar-refractivity contribution in [2.24, 2.45) is 0 Å². The lowest BCUT2D eigenvalue weighted by atomic mass is 10.1. The Balaban J connectivity index is 2.27. The molecule has 2 rings (SSSR count). The Labute approximate surface area is 207 Å². The van der Waals surface area contributed by atoms with Crippen LogP contribution in [0.3, 0.4) is 0 Å². The number of carbonyl (C=O) groups is 3. The lowest BCUT2D eigenvalue weighted by Crippen LogP contribution is -2.48. The molecule has 0 aliphatic carbocycles. The van der Waals surface area contributed by atoms with Crippen LogP contribution in [0.15, 0.2) is 29.2 Å². The van der Waals surface area contributed by atoms with Crippen LogP contribution in [-0.2, 0) is 35.6 Å². The molecule has 0 aliphatic rings. The fourth-order valence-corrected chi connectivity index (χ4v) is 4.46. The van der Waals surface area contributed by atoms with Crippen molar-refractivity contribution in [3.8, 4) is 0 Å². The molecule has 192 valence electrons. The Bertz CT molecular complexity index is 1170. The molecular formula is C22H27ClN2O9S. The van der Waals surface area contributed by atoms with Crippen LogP contribution in [-0.4, -0.2) is 61.8 Å². The van der Waals surface area contributed by atoms with Crippen LogP contribution in [0.4, 0.5) is 0 Å². The highest BCUT2D eigenvalue weighted by Gasteiger charge is 2.32. The van der Waals surface area contributed by atoms with Crippen molar-refractivity contribution in [1.82, 2.24) is 9.71 Å². The third-order valence-electron chi connectivity index (χ3n) is 4.79. The number of sulfonamides is 1. The van der Waals surface area contributed by atoms with Gasteiger partial charge in [-0.1, -0.05) is 11.6 Å². The normalized spacial score (nSPS) is 13.1. The average Bonchev–Trinajstić information content (AvgIpc) is 3.12. The molecule has 0 fully saturated rings. The van der Waals surface area contributed by atoms with Gasteiger partial charge in [-0.15, -0.1) is 0 Å². The summed E-state index contributed by atoms with van der Waals surface area (Å²) in [6, 6.07) is 3.52. The predicted molar refractivity (Wildman–Crippen MR) is 124 cm³/mol. The van der Waals surface area contributed by atoms with Crippen molar-refractivity contribution in [3.63, 3.8) is 0 Å². The number of halogens is 1. The summed E-state index contributed by atoms with van der Waals surface area (Å²) in [6.45, 7) is 5.54. The van der Waals surface area contributed by atoms with E-state index in [9.17, 15) is 27.9 Å². The van der Waals surface area contributed by atoms with Crippen LogP contribution < -0.4 is 4.72 Å². The zero-order chi connectivity index (χ0) is 26.3. The fourth-order valence-electron chi connectivity index (χ4n) is 3.08. The molecule has 0 aliphatic heterocycles. The van der Waals surface area contributed by atoms with Crippen LogP contribution in [0.1, 0.15) is 52.9 Å². The fraction of sp³-hybridized carbons (Fsp3) is 0.409. The zero-order valence-electron chi connectivity index (χ0n) is 19.6. The van der Waals surface area contributed by atoms with Crippen LogP contribution in [0.2, 0.25) is 5.02 Å². The van der Waals surface area contributed by atoms with Gasteiger partial charge < -0.3 is 24.3 Å². The second-order valence-corrected chi connectivity index (χ2v) is 9.47. The molecule has 3 N–H and O–H groups in total. The molecule has 1 aromatic heterocycles. The first-order valence-corrected chi connectivity index (χ1v) is 12.5. The molecule has 1 aromatic carbocycles. The molecule has 0 radical (unpaired) electrons. The number of hydrogen-bond acceptors (Lipinski definition) is 9. The Morgan fingerprint density at radius 2 is 1.63 bits per heavy atom. The number of aliphatic hydroxyl groups excluding tert-OH is 1. The van der Waals surface area contributed by atoms with Crippen LogP contribution in [0.25, 0.3) is 0 Å². The third-order valence-corrected chi connectivity index (χ3v) is 6.50. The number of ether oxygens (including phenoxy) is 3. The van der Waals surface area contributed by atoms with E-state index in [-0.39, 0.29) is 40.6 Å². The van der Waals surface area contributed by atoms with Gasteiger partial charge in [0.2, 0.25) is 10.0 Å². The van der Waals surface area contributed by atoms with Gasteiger partial charge in [0.05, 0.1) is 35.5 Å². The number of hydrogen-bond donors (Lipinski definition) is 3. The lowest BCUT2D eigenvalue weighted by Gasteiger charge is -2.20. The molecule has 13 heteroatoms. The summed E-state index contributed by atoms with van der Waals surface area (Å²) in [7, 11) is -4.21. The number of aromatic nitrogens is 1. The van der Waals surface area contributed by atoms with Gasteiger partial charge in [-0.05, 0) is 57.5 Å². The van der Waals surface area contributed by atoms with E-state index in [0.717, 1.165) is 0 Å². The van der Waals surface area contributed by atoms with Gasteiger partial charge in [-0.3, -0.25) is 4.79 Å². The summed E-state index contributed by atoms with van der Waals surface area (Å²) in [5.41, 5.74) is 0.250. The number of carbonyl (C=O) groups excluding carboxylic acids is 3. The largest absolute Gasteiger partial charge is 0.462 e. The standard InChI is InChI=1S/C22H27ClN2O9S/c1-5-32-20(27)17-12(3)18(21(28)33-6-2)24-16(17)11-34-22(29)19(13(4)26)25-35(30,31)15-9-7-14(23)8-10-15/h7-10,13,19,24-26H,5-6,11H2,1-4H3. The minimum atomic E-state index is -4.21. The van der Waals surface area contributed by atoms with Crippen molar-refractivity contribution < 1.29 is 42.1 Å². The third kappa shape index (κ3) is 7.04. The summed E-state index contributed by atoms with van der Waals surface area (Å²) in [5.74, 6) is -2.58.